The van der Waals surface area contributed by atoms with Crippen molar-refractivity contribution in [3.05, 3.63) is 29.8 Å². The first kappa shape index (κ1) is 24.4. The molecule has 1 saturated heterocycles. The van der Waals surface area contributed by atoms with Crippen LogP contribution in [0.25, 0.3) is 0 Å². The number of nitrogens with zero attached hydrogens (tertiary/aromatic N) is 1. The van der Waals surface area contributed by atoms with Gasteiger partial charge >= 0.3 is 0 Å². The lowest BCUT2D eigenvalue weighted by Gasteiger charge is -2.49. The summed E-state index contributed by atoms with van der Waals surface area (Å²) >= 11 is 0. The van der Waals surface area contributed by atoms with Crippen LogP contribution in [0.4, 0.5) is 0 Å². The Morgan fingerprint density at radius 3 is 2.27 bits per heavy atom. The van der Waals surface area contributed by atoms with Gasteiger partial charge in [-0.15, -0.1) is 6.42 Å². The topological polar surface area (TPSA) is 78.5 Å². The van der Waals surface area contributed by atoms with Gasteiger partial charge in [-0.25, -0.2) is 8.42 Å². The number of sulfonamides is 1. The summed E-state index contributed by atoms with van der Waals surface area (Å²) < 4.78 is 26.8. The molecule has 7 heteroatoms. The number of terminal acetylenes is 1. The smallest absolute Gasteiger partial charge is 0.254 e. The van der Waals surface area contributed by atoms with Crippen LogP contribution < -0.4 is 10.0 Å². The van der Waals surface area contributed by atoms with Crippen molar-refractivity contribution in [1.29, 1.82) is 0 Å². The van der Waals surface area contributed by atoms with Crippen LogP contribution in [0.5, 0.6) is 0 Å². The van der Waals surface area contributed by atoms with Crippen LogP contribution in [0.2, 0.25) is 0 Å². The molecule has 0 atom stereocenters. The zero-order valence-corrected chi connectivity index (χ0v) is 19.6. The number of rotatable bonds is 8. The third-order valence-electron chi connectivity index (χ3n) is 5.40. The van der Waals surface area contributed by atoms with Crippen molar-refractivity contribution in [3.8, 4) is 12.3 Å². The Labute approximate surface area is 181 Å². The molecule has 0 aromatic heterocycles. The predicted octanol–water partition coefficient (Wildman–Crippen LogP) is 3.15. The Morgan fingerprint density at radius 2 is 1.77 bits per heavy atom. The largest absolute Gasteiger partial charge is 0.336 e. The average Bonchev–Trinajstić information content (AvgIpc) is 2.64. The number of hydrogen-bond donors (Lipinski definition) is 2. The molecule has 166 valence electrons. The fourth-order valence-electron chi connectivity index (χ4n) is 4.43. The number of hydrogen-bond acceptors (Lipinski definition) is 4. The van der Waals surface area contributed by atoms with Gasteiger partial charge in [-0.05, 0) is 71.2 Å². The molecule has 30 heavy (non-hydrogen) atoms. The van der Waals surface area contributed by atoms with Crippen molar-refractivity contribution in [2.45, 2.75) is 82.3 Å². The van der Waals surface area contributed by atoms with Gasteiger partial charge in [0.1, 0.15) is 0 Å². The van der Waals surface area contributed by atoms with E-state index in [9.17, 15) is 13.2 Å². The Morgan fingerprint density at radius 1 is 1.20 bits per heavy atom. The number of carbonyl (C=O) groups is 1. The second-order valence-corrected chi connectivity index (χ2v) is 11.1. The lowest BCUT2D eigenvalue weighted by Crippen LogP contribution is -2.62. The van der Waals surface area contributed by atoms with Gasteiger partial charge in [-0.3, -0.25) is 4.79 Å². The molecule has 1 amide bonds. The first-order chi connectivity index (χ1) is 13.9. The van der Waals surface area contributed by atoms with Gasteiger partial charge in [0.25, 0.3) is 5.91 Å². The summed E-state index contributed by atoms with van der Waals surface area (Å²) in [6, 6.07) is 6.21. The van der Waals surface area contributed by atoms with Crippen LogP contribution in [0.15, 0.2) is 29.2 Å². The highest BCUT2D eigenvalue weighted by Gasteiger charge is 2.41. The summed E-state index contributed by atoms with van der Waals surface area (Å²) in [5.41, 5.74) is 0.353. The molecule has 0 spiro atoms. The molecule has 1 fully saturated rings. The van der Waals surface area contributed by atoms with Crippen molar-refractivity contribution >= 4 is 15.9 Å². The highest BCUT2D eigenvalue weighted by molar-refractivity contribution is 7.89. The Kier molecular flexibility index (Phi) is 7.73. The summed E-state index contributed by atoms with van der Waals surface area (Å²) in [6.07, 6.45) is 8.80. The number of benzene rings is 1. The van der Waals surface area contributed by atoms with Crippen LogP contribution in [-0.4, -0.2) is 49.4 Å². The third-order valence-corrected chi connectivity index (χ3v) is 6.82. The van der Waals surface area contributed by atoms with Crippen LogP contribution in [0, 0.1) is 12.3 Å². The minimum Gasteiger partial charge on any atom is -0.336 e. The molecule has 1 aromatic carbocycles. The van der Waals surface area contributed by atoms with E-state index in [1.807, 2.05) is 4.90 Å². The Hall–Kier alpha value is -1.88. The standard InChI is InChI=1S/C23H35N3O3S/c1-7-9-15-26(19-16-22(3,4)25-23(5,6)17-19)21(27)18-10-12-20(13-11-18)30(28,29)24-14-8-2/h2,10-13,19,24-25H,7,9,14-17H2,1,3-6H3. The monoisotopic (exact) mass is 433 g/mol. The molecule has 0 unspecified atom stereocenters. The number of carbonyl (C=O) groups excluding carboxylic acids is 1. The van der Waals surface area contributed by atoms with E-state index in [4.69, 9.17) is 6.42 Å². The molecule has 2 N–H and O–H groups in total. The van der Waals surface area contributed by atoms with Crippen molar-refractivity contribution < 1.29 is 13.2 Å². The molecule has 1 heterocycles. The van der Waals surface area contributed by atoms with Gasteiger partial charge < -0.3 is 10.2 Å². The maximum Gasteiger partial charge on any atom is 0.254 e. The number of piperidine rings is 1. The molecule has 2 rings (SSSR count). The van der Waals surface area contributed by atoms with E-state index in [2.05, 4.69) is 50.6 Å². The summed E-state index contributed by atoms with van der Waals surface area (Å²) in [5, 5.41) is 3.67. The molecule has 0 aliphatic carbocycles. The van der Waals surface area contributed by atoms with E-state index in [0.717, 1.165) is 25.7 Å². The van der Waals surface area contributed by atoms with Gasteiger partial charge in [0.05, 0.1) is 11.4 Å². The highest BCUT2D eigenvalue weighted by atomic mass is 32.2. The van der Waals surface area contributed by atoms with Crippen LogP contribution >= 0.6 is 0 Å². The number of amides is 1. The van der Waals surface area contributed by atoms with E-state index < -0.39 is 10.0 Å². The molecule has 0 radical (unpaired) electrons. The molecular weight excluding hydrogens is 398 g/mol. The first-order valence-corrected chi connectivity index (χ1v) is 12.0. The SMILES string of the molecule is C#CCNS(=O)(=O)c1ccc(C(=O)N(CCCC)C2CC(C)(C)NC(C)(C)C2)cc1. The van der Waals surface area contributed by atoms with Crippen molar-refractivity contribution in [3.63, 3.8) is 0 Å². The Bertz CT molecular complexity index is 867. The van der Waals surface area contributed by atoms with Crippen molar-refractivity contribution in [1.82, 2.24) is 14.9 Å². The maximum absolute atomic E-state index is 13.4. The second kappa shape index (κ2) is 9.51. The molecular formula is C23H35N3O3S. The van der Waals surface area contributed by atoms with Crippen molar-refractivity contribution in [2.24, 2.45) is 0 Å². The van der Waals surface area contributed by atoms with E-state index in [1.165, 1.54) is 12.1 Å². The summed E-state index contributed by atoms with van der Waals surface area (Å²) in [4.78, 5) is 15.5. The fraction of sp³-hybridized carbons (Fsp3) is 0.609. The summed E-state index contributed by atoms with van der Waals surface area (Å²) in [5.74, 6) is 2.20. The minimum atomic E-state index is -3.68. The molecule has 1 aliphatic rings. The van der Waals surface area contributed by atoms with Gasteiger partial charge in [-0.1, -0.05) is 19.3 Å². The quantitative estimate of drug-likeness (QED) is 0.618. The fourth-order valence-corrected chi connectivity index (χ4v) is 5.36. The lowest BCUT2D eigenvalue weighted by atomic mass is 9.78. The number of unbranched alkanes of at least 4 members (excludes halogenated alkanes) is 1. The van der Waals surface area contributed by atoms with E-state index in [-0.39, 0.29) is 34.5 Å². The molecule has 0 bridgehead atoms. The zero-order chi connectivity index (χ0) is 22.6. The molecule has 6 nitrogen and oxygen atoms in total. The maximum atomic E-state index is 13.4. The molecule has 1 aromatic rings. The second-order valence-electron chi connectivity index (χ2n) is 9.36. The highest BCUT2D eigenvalue weighted by Crippen LogP contribution is 2.32. The summed E-state index contributed by atoms with van der Waals surface area (Å²) in [7, 11) is -3.68. The van der Waals surface area contributed by atoms with Crippen LogP contribution in [0.1, 0.15) is 70.7 Å². The Balaban J connectivity index is 2.28. The van der Waals surface area contributed by atoms with Gasteiger partial charge in [0.2, 0.25) is 10.0 Å². The third kappa shape index (κ3) is 6.31. The number of nitrogens with one attached hydrogen (secondary N) is 2. The van der Waals surface area contributed by atoms with Gasteiger partial charge in [0, 0.05) is 29.2 Å². The minimum absolute atomic E-state index is 0.0533. The lowest BCUT2D eigenvalue weighted by molar-refractivity contribution is 0.0441. The van der Waals surface area contributed by atoms with Gasteiger partial charge in [0.15, 0.2) is 0 Å². The molecule has 1 aliphatic heterocycles. The van der Waals surface area contributed by atoms with Gasteiger partial charge in [-0.2, -0.15) is 4.72 Å². The van der Waals surface area contributed by atoms with Crippen LogP contribution in [-0.2, 0) is 10.0 Å². The average molecular weight is 434 g/mol. The summed E-state index contributed by atoms with van der Waals surface area (Å²) in [6.45, 7) is 11.4. The predicted molar refractivity (Wildman–Crippen MR) is 121 cm³/mol. The normalized spacial score (nSPS) is 18.5. The van der Waals surface area contributed by atoms with E-state index >= 15 is 0 Å². The van der Waals surface area contributed by atoms with Crippen molar-refractivity contribution in [2.75, 3.05) is 13.1 Å². The first-order valence-electron chi connectivity index (χ1n) is 10.5. The zero-order valence-electron chi connectivity index (χ0n) is 18.8. The van der Waals surface area contributed by atoms with Crippen LogP contribution in [0.3, 0.4) is 0 Å². The molecule has 0 saturated carbocycles. The van der Waals surface area contributed by atoms with E-state index in [1.54, 1.807) is 12.1 Å². The van der Waals surface area contributed by atoms with E-state index in [0.29, 0.717) is 12.1 Å².